The van der Waals surface area contributed by atoms with E-state index in [0.29, 0.717) is 11.4 Å². The van der Waals surface area contributed by atoms with Gasteiger partial charge >= 0.3 is 0 Å². The molecule has 0 amide bonds. The standard InChI is InChI=1S/C11H12N4S/c1-14-6-3-7-15(11(14)16)10-9(8-12)4-2-5-13-10/h2,4-5H,3,6-7H2,1H3. The Balaban J connectivity index is 2.37. The van der Waals surface area contributed by atoms with Crippen LogP contribution in [-0.2, 0) is 0 Å². The van der Waals surface area contributed by atoms with Crippen molar-refractivity contribution in [2.24, 2.45) is 0 Å². The third-order valence-electron chi connectivity index (χ3n) is 2.60. The van der Waals surface area contributed by atoms with Gasteiger partial charge in [-0.2, -0.15) is 5.26 Å². The van der Waals surface area contributed by atoms with Crippen LogP contribution in [0.25, 0.3) is 0 Å². The number of pyridine rings is 1. The molecule has 0 saturated carbocycles. The van der Waals surface area contributed by atoms with Crippen LogP contribution >= 0.6 is 12.2 Å². The summed E-state index contributed by atoms with van der Waals surface area (Å²) in [6.45, 7) is 1.79. The van der Waals surface area contributed by atoms with Gasteiger partial charge in [0.15, 0.2) is 10.9 Å². The van der Waals surface area contributed by atoms with E-state index in [1.165, 1.54) is 0 Å². The van der Waals surface area contributed by atoms with Crippen molar-refractivity contribution in [3.63, 3.8) is 0 Å². The minimum Gasteiger partial charge on any atom is -0.352 e. The first-order valence-electron chi connectivity index (χ1n) is 5.12. The predicted octanol–water partition coefficient (Wildman–Crippen LogP) is 1.38. The van der Waals surface area contributed by atoms with Gasteiger partial charge in [-0.1, -0.05) is 0 Å². The third kappa shape index (κ3) is 1.84. The van der Waals surface area contributed by atoms with Crippen LogP contribution in [0, 0.1) is 11.3 Å². The Morgan fingerprint density at radius 1 is 1.50 bits per heavy atom. The number of aromatic nitrogens is 1. The number of nitriles is 1. The van der Waals surface area contributed by atoms with E-state index >= 15 is 0 Å². The summed E-state index contributed by atoms with van der Waals surface area (Å²) in [4.78, 5) is 8.18. The zero-order valence-electron chi connectivity index (χ0n) is 9.05. The van der Waals surface area contributed by atoms with Gasteiger partial charge in [-0.3, -0.25) is 0 Å². The fourth-order valence-electron chi connectivity index (χ4n) is 1.76. The maximum Gasteiger partial charge on any atom is 0.177 e. The smallest absolute Gasteiger partial charge is 0.177 e. The summed E-state index contributed by atoms with van der Waals surface area (Å²) in [5.74, 6) is 0.668. The molecule has 5 heteroatoms. The lowest BCUT2D eigenvalue weighted by Crippen LogP contribution is -2.47. The van der Waals surface area contributed by atoms with Gasteiger partial charge in [-0.25, -0.2) is 4.98 Å². The second-order valence-corrected chi connectivity index (χ2v) is 4.06. The summed E-state index contributed by atoms with van der Waals surface area (Å²) in [5, 5.41) is 9.77. The van der Waals surface area contributed by atoms with Crippen molar-refractivity contribution in [1.29, 1.82) is 5.26 Å². The predicted molar refractivity (Wildman–Crippen MR) is 66.1 cm³/mol. The van der Waals surface area contributed by atoms with Gasteiger partial charge in [0.25, 0.3) is 0 Å². The summed E-state index contributed by atoms with van der Waals surface area (Å²) in [6.07, 6.45) is 2.71. The summed E-state index contributed by atoms with van der Waals surface area (Å²) >= 11 is 5.34. The van der Waals surface area contributed by atoms with Crippen molar-refractivity contribution in [2.75, 3.05) is 25.0 Å². The maximum atomic E-state index is 9.03. The summed E-state index contributed by atoms with van der Waals surface area (Å²) in [7, 11) is 1.96. The van der Waals surface area contributed by atoms with Crippen LogP contribution in [0.1, 0.15) is 12.0 Å². The molecule has 1 aromatic heterocycles. The highest BCUT2D eigenvalue weighted by molar-refractivity contribution is 7.80. The number of thiocarbonyl (C=S) groups is 1. The molecule has 4 nitrogen and oxygen atoms in total. The Morgan fingerprint density at radius 3 is 3.06 bits per heavy atom. The van der Waals surface area contributed by atoms with Gasteiger partial charge in [0.1, 0.15) is 6.07 Å². The molecular formula is C11H12N4S. The summed E-state index contributed by atoms with van der Waals surface area (Å²) in [5.41, 5.74) is 0.570. The van der Waals surface area contributed by atoms with Crippen molar-refractivity contribution in [3.05, 3.63) is 23.9 Å². The van der Waals surface area contributed by atoms with Gasteiger partial charge < -0.3 is 9.80 Å². The second-order valence-electron chi connectivity index (χ2n) is 3.70. The molecule has 0 aromatic carbocycles. The van der Waals surface area contributed by atoms with E-state index in [4.69, 9.17) is 17.5 Å². The van der Waals surface area contributed by atoms with Crippen LogP contribution in [0.5, 0.6) is 0 Å². The van der Waals surface area contributed by atoms with Gasteiger partial charge in [0, 0.05) is 26.3 Å². The molecule has 1 aromatic rings. The molecular weight excluding hydrogens is 220 g/mol. The molecule has 2 rings (SSSR count). The number of hydrogen-bond acceptors (Lipinski definition) is 3. The van der Waals surface area contributed by atoms with Crippen LogP contribution in [0.2, 0.25) is 0 Å². The highest BCUT2D eigenvalue weighted by Crippen LogP contribution is 2.20. The highest BCUT2D eigenvalue weighted by atomic mass is 32.1. The Labute approximate surface area is 100 Å². The first-order valence-corrected chi connectivity index (χ1v) is 5.52. The number of nitrogens with zero attached hydrogens (tertiary/aromatic N) is 4. The van der Waals surface area contributed by atoms with Crippen LogP contribution < -0.4 is 4.90 Å². The molecule has 1 saturated heterocycles. The van der Waals surface area contributed by atoms with Crippen molar-refractivity contribution in [2.45, 2.75) is 6.42 Å². The maximum absolute atomic E-state index is 9.03. The fourth-order valence-corrected chi connectivity index (χ4v) is 2.03. The summed E-state index contributed by atoms with van der Waals surface area (Å²) < 4.78 is 0. The molecule has 1 fully saturated rings. The molecule has 2 heterocycles. The van der Waals surface area contributed by atoms with Crippen molar-refractivity contribution >= 4 is 23.1 Å². The molecule has 1 aliphatic heterocycles. The molecule has 0 spiro atoms. The van der Waals surface area contributed by atoms with Gasteiger partial charge in [-0.15, -0.1) is 0 Å². The Hall–Kier alpha value is -1.67. The van der Waals surface area contributed by atoms with E-state index in [1.807, 2.05) is 16.8 Å². The van der Waals surface area contributed by atoms with Crippen LogP contribution in [-0.4, -0.2) is 35.1 Å². The molecule has 82 valence electrons. The molecule has 16 heavy (non-hydrogen) atoms. The topological polar surface area (TPSA) is 43.2 Å². The average Bonchev–Trinajstić information content (AvgIpc) is 2.33. The third-order valence-corrected chi connectivity index (χ3v) is 3.13. The average molecular weight is 232 g/mol. The van der Waals surface area contributed by atoms with Crippen molar-refractivity contribution < 1.29 is 0 Å². The Kier molecular flexibility index (Phi) is 3.02. The van der Waals surface area contributed by atoms with E-state index < -0.39 is 0 Å². The zero-order chi connectivity index (χ0) is 11.5. The normalized spacial score (nSPS) is 16.1. The second kappa shape index (κ2) is 4.45. The minimum absolute atomic E-state index is 0.570. The number of anilines is 1. The summed E-state index contributed by atoms with van der Waals surface area (Å²) in [6, 6.07) is 5.67. The highest BCUT2D eigenvalue weighted by Gasteiger charge is 2.23. The van der Waals surface area contributed by atoms with Crippen LogP contribution in [0.15, 0.2) is 18.3 Å². The molecule has 1 aliphatic rings. The quantitative estimate of drug-likeness (QED) is 0.684. The van der Waals surface area contributed by atoms with Crippen molar-refractivity contribution in [1.82, 2.24) is 9.88 Å². The Bertz CT molecular complexity index is 452. The molecule has 0 radical (unpaired) electrons. The first kappa shape index (κ1) is 10.8. The first-order chi connectivity index (χ1) is 7.74. The van der Waals surface area contributed by atoms with E-state index in [9.17, 15) is 0 Å². The van der Waals surface area contributed by atoms with Gasteiger partial charge in [0.05, 0.1) is 5.56 Å². The lowest BCUT2D eigenvalue weighted by Gasteiger charge is -2.35. The SMILES string of the molecule is CN1CCCN(c2ncccc2C#N)C1=S. The Morgan fingerprint density at radius 2 is 2.31 bits per heavy atom. The van der Waals surface area contributed by atoms with E-state index in [2.05, 4.69) is 11.1 Å². The van der Waals surface area contributed by atoms with Gasteiger partial charge in [0.2, 0.25) is 0 Å². The van der Waals surface area contributed by atoms with E-state index in [0.717, 1.165) is 24.6 Å². The number of hydrogen-bond donors (Lipinski definition) is 0. The van der Waals surface area contributed by atoms with Gasteiger partial charge in [-0.05, 0) is 30.8 Å². The van der Waals surface area contributed by atoms with Crippen molar-refractivity contribution in [3.8, 4) is 6.07 Å². The van der Waals surface area contributed by atoms with Crippen LogP contribution in [0.4, 0.5) is 5.82 Å². The fraction of sp³-hybridized carbons (Fsp3) is 0.364. The van der Waals surface area contributed by atoms with E-state index in [-0.39, 0.29) is 0 Å². The monoisotopic (exact) mass is 232 g/mol. The van der Waals surface area contributed by atoms with E-state index in [1.54, 1.807) is 18.3 Å². The minimum atomic E-state index is 0.570. The molecule has 0 aliphatic carbocycles. The molecule has 0 N–H and O–H groups in total. The largest absolute Gasteiger partial charge is 0.352 e. The molecule has 0 bridgehead atoms. The lowest BCUT2D eigenvalue weighted by atomic mass is 10.2. The van der Waals surface area contributed by atoms with Crippen LogP contribution in [0.3, 0.4) is 0 Å². The lowest BCUT2D eigenvalue weighted by molar-refractivity contribution is 0.459. The number of rotatable bonds is 1. The molecule has 0 atom stereocenters. The molecule has 0 unspecified atom stereocenters. The zero-order valence-corrected chi connectivity index (χ0v) is 9.87.